The summed E-state index contributed by atoms with van der Waals surface area (Å²) in [6.45, 7) is 3.74. The summed E-state index contributed by atoms with van der Waals surface area (Å²) >= 11 is 0. The number of carbonyl (C=O) groups excluding carboxylic acids is 1. The second kappa shape index (κ2) is 5.73. The van der Waals surface area contributed by atoms with Crippen LogP contribution < -0.4 is 15.8 Å². The molecule has 1 unspecified atom stereocenters. The van der Waals surface area contributed by atoms with Crippen LogP contribution in [0.4, 0.5) is 5.69 Å². The third-order valence-corrected chi connectivity index (χ3v) is 2.89. The van der Waals surface area contributed by atoms with Gasteiger partial charge in [-0.15, -0.1) is 0 Å². The van der Waals surface area contributed by atoms with Crippen LogP contribution in [0.1, 0.15) is 30.6 Å². The molecule has 1 rings (SSSR count). The Morgan fingerprint density at radius 3 is 2.78 bits per heavy atom. The predicted molar refractivity (Wildman–Crippen MR) is 70.7 cm³/mol. The molecule has 1 amide bonds. The van der Waals surface area contributed by atoms with Crippen molar-refractivity contribution in [3.05, 3.63) is 23.8 Å². The Morgan fingerprint density at radius 2 is 2.22 bits per heavy atom. The molecule has 18 heavy (non-hydrogen) atoms. The fraction of sp³-hybridized carbons (Fsp3) is 0.462. The van der Waals surface area contributed by atoms with Gasteiger partial charge in [-0.05, 0) is 31.5 Å². The SMILES string of the molecule is CCC(C)(O)CNC(=O)c1ccc(N)c(OC)c1. The summed E-state index contributed by atoms with van der Waals surface area (Å²) in [6.07, 6.45) is 0.568. The van der Waals surface area contributed by atoms with E-state index in [0.717, 1.165) is 0 Å². The smallest absolute Gasteiger partial charge is 0.251 e. The first-order chi connectivity index (χ1) is 8.39. The Kier molecular flexibility index (Phi) is 4.55. The molecule has 1 aromatic rings. The number of benzene rings is 1. The zero-order valence-corrected chi connectivity index (χ0v) is 11.0. The van der Waals surface area contributed by atoms with Crippen molar-refractivity contribution < 1.29 is 14.6 Å². The first-order valence-corrected chi connectivity index (χ1v) is 5.83. The van der Waals surface area contributed by atoms with Crippen LogP contribution in [0.5, 0.6) is 5.75 Å². The highest BCUT2D eigenvalue weighted by atomic mass is 16.5. The number of methoxy groups -OCH3 is 1. The monoisotopic (exact) mass is 252 g/mol. The van der Waals surface area contributed by atoms with E-state index in [1.54, 1.807) is 25.1 Å². The number of hydrogen-bond donors (Lipinski definition) is 3. The molecule has 0 bridgehead atoms. The highest BCUT2D eigenvalue weighted by Crippen LogP contribution is 2.22. The summed E-state index contributed by atoms with van der Waals surface area (Å²) in [5, 5.41) is 12.5. The summed E-state index contributed by atoms with van der Waals surface area (Å²) in [5.41, 5.74) is 5.71. The van der Waals surface area contributed by atoms with Crippen molar-refractivity contribution in [1.82, 2.24) is 5.32 Å². The molecule has 1 aromatic carbocycles. The van der Waals surface area contributed by atoms with E-state index in [1.807, 2.05) is 6.92 Å². The number of hydrogen-bond acceptors (Lipinski definition) is 4. The number of nitrogens with two attached hydrogens (primary N) is 1. The van der Waals surface area contributed by atoms with Gasteiger partial charge >= 0.3 is 0 Å². The number of anilines is 1. The van der Waals surface area contributed by atoms with E-state index >= 15 is 0 Å². The molecule has 100 valence electrons. The van der Waals surface area contributed by atoms with Crippen LogP contribution >= 0.6 is 0 Å². The molecule has 4 N–H and O–H groups in total. The van der Waals surface area contributed by atoms with Gasteiger partial charge in [0.05, 0.1) is 18.4 Å². The summed E-state index contributed by atoms with van der Waals surface area (Å²) in [6, 6.07) is 4.81. The molecule has 0 saturated heterocycles. The number of amides is 1. The number of nitrogen functional groups attached to an aromatic ring is 1. The second-order valence-corrected chi connectivity index (χ2v) is 4.49. The van der Waals surface area contributed by atoms with E-state index in [9.17, 15) is 9.90 Å². The van der Waals surface area contributed by atoms with E-state index in [4.69, 9.17) is 10.5 Å². The maximum absolute atomic E-state index is 11.9. The van der Waals surface area contributed by atoms with E-state index in [0.29, 0.717) is 23.4 Å². The van der Waals surface area contributed by atoms with Crippen LogP contribution in [0, 0.1) is 0 Å². The highest BCUT2D eigenvalue weighted by Gasteiger charge is 2.19. The highest BCUT2D eigenvalue weighted by molar-refractivity contribution is 5.95. The summed E-state index contributed by atoms with van der Waals surface area (Å²) < 4.78 is 5.05. The minimum absolute atomic E-state index is 0.203. The Labute approximate surface area is 107 Å². The van der Waals surface area contributed by atoms with Crippen molar-refractivity contribution in [1.29, 1.82) is 0 Å². The van der Waals surface area contributed by atoms with Gasteiger partial charge in [0, 0.05) is 12.1 Å². The normalized spacial score (nSPS) is 13.8. The lowest BCUT2D eigenvalue weighted by Crippen LogP contribution is -2.40. The minimum Gasteiger partial charge on any atom is -0.495 e. The van der Waals surface area contributed by atoms with Crippen LogP contribution in [0.3, 0.4) is 0 Å². The molecule has 5 heteroatoms. The fourth-order valence-electron chi connectivity index (χ4n) is 1.35. The van der Waals surface area contributed by atoms with Gasteiger partial charge in [0.25, 0.3) is 5.91 Å². The van der Waals surface area contributed by atoms with Crippen molar-refractivity contribution in [2.24, 2.45) is 0 Å². The van der Waals surface area contributed by atoms with Gasteiger partial charge < -0.3 is 20.9 Å². The van der Waals surface area contributed by atoms with Crippen molar-refractivity contribution in [2.45, 2.75) is 25.9 Å². The van der Waals surface area contributed by atoms with Crippen molar-refractivity contribution in [3.63, 3.8) is 0 Å². The molecule has 1 atom stereocenters. The Morgan fingerprint density at radius 1 is 1.56 bits per heavy atom. The van der Waals surface area contributed by atoms with Crippen LogP contribution in [0.25, 0.3) is 0 Å². The summed E-state index contributed by atoms with van der Waals surface area (Å²) in [7, 11) is 1.50. The summed E-state index contributed by atoms with van der Waals surface area (Å²) in [4.78, 5) is 11.9. The minimum atomic E-state index is -0.895. The van der Waals surface area contributed by atoms with Gasteiger partial charge in [0.2, 0.25) is 0 Å². The van der Waals surface area contributed by atoms with Gasteiger partial charge in [-0.3, -0.25) is 4.79 Å². The molecule has 0 fully saturated rings. The molecule has 0 aromatic heterocycles. The average molecular weight is 252 g/mol. The molecule has 0 heterocycles. The van der Waals surface area contributed by atoms with Gasteiger partial charge in [-0.25, -0.2) is 0 Å². The molecule has 5 nitrogen and oxygen atoms in total. The maximum atomic E-state index is 11.9. The number of carbonyl (C=O) groups is 1. The van der Waals surface area contributed by atoms with Crippen LogP contribution in [0.2, 0.25) is 0 Å². The standard InChI is InChI=1S/C13H20N2O3/c1-4-13(2,17)8-15-12(16)9-5-6-10(14)11(7-9)18-3/h5-7,17H,4,8,14H2,1-3H3,(H,15,16). The van der Waals surface area contributed by atoms with E-state index in [2.05, 4.69) is 5.32 Å². The largest absolute Gasteiger partial charge is 0.495 e. The number of rotatable bonds is 5. The lowest BCUT2D eigenvalue weighted by Gasteiger charge is -2.21. The molecule has 0 spiro atoms. The van der Waals surface area contributed by atoms with Gasteiger partial charge in [-0.1, -0.05) is 6.92 Å². The Bertz CT molecular complexity index is 430. The zero-order chi connectivity index (χ0) is 13.8. The lowest BCUT2D eigenvalue weighted by molar-refractivity contribution is 0.0518. The third kappa shape index (κ3) is 3.63. The zero-order valence-electron chi connectivity index (χ0n) is 11.0. The number of nitrogens with one attached hydrogen (secondary N) is 1. The molecule has 0 saturated carbocycles. The third-order valence-electron chi connectivity index (χ3n) is 2.89. The number of ether oxygens (including phenoxy) is 1. The first-order valence-electron chi connectivity index (χ1n) is 5.83. The quantitative estimate of drug-likeness (QED) is 0.687. The lowest BCUT2D eigenvalue weighted by atomic mass is 10.0. The molecule has 0 radical (unpaired) electrons. The molecule has 0 aliphatic heterocycles. The number of aliphatic hydroxyl groups is 1. The molecular formula is C13H20N2O3. The maximum Gasteiger partial charge on any atom is 0.251 e. The van der Waals surface area contributed by atoms with E-state index in [-0.39, 0.29) is 12.5 Å². The van der Waals surface area contributed by atoms with Crippen molar-refractivity contribution in [2.75, 3.05) is 19.4 Å². The average Bonchev–Trinajstić information content (AvgIpc) is 2.36. The van der Waals surface area contributed by atoms with Gasteiger partial charge in [0.1, 0.15) is 5.75 Å². The molecule has 0 aliphatic rings. The van der Waals surface area contributed by atoms with Crippen molar-refractivity contribution in [3.8, 4) is 5.75 Å². The van der Waals surface area contributed by atoms with E-state index in [1.165, 1.54) is 7.11 Å². The fourth-order valence-corrected chi connectivity index (χ4v) is 1.35. The van der Waals surface area contributed by atoms with Crippen LogP contribution in [-0.4, -0.2) is 30.3 Å². The first kappa shape index (κ1) is 14.3. The van der Waals surface area contributed by atoms with Crippen molar-refractivity contribution >= 4 is 11.6 Å². The van der Waals surface area contributed by atoms with E-state index < -0.39 is 5.60 Å². The van der Waals surface area contributed by atoms with Crippen LogP contribution in [0.15, 0.2) is 18.2 Å². The van der Waals surface area contributed by atoms with Gasteiger partial charge in [0.15, 0.2) is 0 Å². The second-order valence-electron chi connectivity index (χ2n) is 4.49. The Balaban J connectivity index is 2.73. The van der Waals surface area contributed by atoms with Gasteiger partial charge in [-0.2, -0.15) is 0 Å². The predicted octanol–water partition coefficient (Wildman–Crippen LogP) is 1.17. The molecular weight excluding hydrogens is 232 g/mol. The molecule has 0 aliphatic carbocycles. The topological polar surface area (TPSA) is 84.6 Å². The summed E-state index contributed by atoms with van der Waals surface area (Å²) in [5.74, 6) is 0.201. The van der Waals surface area contributed by atoms with Crippen LogP contribution in [-0.2, 0) is 0 Å². The Hall–Kier alpha value is -1.75.